The van der Waals surface area contributed by atoms with Gasteiger partial charge in [-0.15, -0.1) is 0 Å². The van der Waals surface area contributed by atoms with Gasteiger partial charge in [-0.05, 0) is 48.7 Å². The lowest BCUT2D eigenvalue weighted by Gasteiger charge is -2.08. The molecule has 2 rings (SSSR count). The fraction of sp³-hybridized carbons (Fsp3) is 0.200. The summed E-state index contributed by atoms with van der Waals surface area (Å²) < 4.78 is 37.9. The topological polar surface area (TPSA) is 60.2 Å². The molecule has 2 aromatic rings. The van der Waals surface area contributed by atoms with E-state index >= 15 is 0 Å². The number of rotatable bonds is 3. The number of hydrogen-bond donors (Lipinski definition) is 1. The molecule has 0 fully saturated rings. The Morgan fingerprint density at radius 2 is 1.75 bits per heavy atom. The van der Waals surface area contributed by atoms with Crippen LogP contribution in [0.15, 0.2) is 41.3 Å². The lowest BCUT2D eigenvalue weighted by atomic mass is 10.1. The summed E-state index contributed by atoms with van der Waals surface area (Å²) in [6.45, 7) is 3.89. The van der Waals surface area contributed by atoms with Crippen LogP contribution in [0.2, 0.25) is 0 Å². The zero-order valence-corrected chi connectivity index (χ0v) is 12.2. The molecule has 0 atom stereocenters. The summed E-state index contributed by atoms with van der Waals surface area (Å²) >= 11 is 0. The third kappa shape index (κ3) is 2.99. The first-order chi connectivity index (χ1) is 9.29. The van der Waals surface area contributed by atoms with Crippen molar-refractivity contribution in [1.29, 1.82) is 0 Å². The number of nitrogens with two attached hydrogens (primary N) is 1. The van der Waals surface area contributed by atoms with Gasteiger partial charge in [0.2, 0.25) is 0 Å². The predicted octanol–water partition coefficient (Wildman–Crippen LogP) is 3.00. The van der Waals surface area contributed by atoms with E-state index < -0.39 is 15.7 Å². The Balaban J connectivity index is 2.35. The van der Waals surface area contributed by atoms with Crippen molar-refractivity contribution in [1.82, 2.24) is 0 Å². The molecule has 3 nitrogen and oxygen atoms in total. The van der Waals surface area contributed by atoms with E-state index in [1.807, 2.05) is 26.0 Å². The maximum absolute atomic E-state index is 13.4. The smallest absolute Gasteiger partial charge is 0.182 e. The van der Waals surface area contributed by atoms with Gasteiger partial charge in [-0.25, -0.2) is 12.8 Å². The van der Waals surface area contributed by atoms with E-state index in [0.717, 1.165) is 17.2 Å². The van der Waals surface area contributed by atoms with E-state index in [-0.39, 0.29) is 16.3 Å². The normalized spacial score (nSPS) is 11.6. The van der Waals surface area contributed by atoms with Gasteiger partial charge in [0.05, 0.1) is 16.3 Å². The van der Waals surface area contributed by atoms with Crippen LogP contribution in [0.25, 0.3) is 0 Å². The van der Waals surface area contributed by atoms with E-state index in [9.17, 15) is 12.8 Å². The van der Waals surface area contributed by atoms with Gasteiger partial charge in [0.1, 0.15) is 5.82 Å². The molecule has 0 heterocycles. The maximum Gasteiger partial charge on any atom is 0.182 e. The van der Waals surface area contributed by atoms with Gasteiger partial charge in [0.15, 0.2) is 9.84 Å². The van der Waals surface area contributed by atoms with Crippen LogP contribution < -0.4 is 5.73 Å². The molecule has 0 aromatic heterocycles. The van der Waals surface area contributed by atoms with Crippen LogP contribution in [0.5, 0.6) is 0 Å². The Morgan fingerprint density at radius 1 is 1.05 bits per heavy atom. The highest BCUT2D eigenvalue weighted by molar-refractivity contribution is 7.90. The third-order valence-corrected chi connectivity index (χ3v) is 4.94. The number of aryl methyl sites for hydroxylation is 2. The van der Waals surface area contributed by atoms with Crippen LogP contribution in [0.3, 0.4) is 0 Å². The number of halogens is 1. The SMILES string of the molecule is Cc1ccc(CS(=O)(=O)c2ccc(N)c(F)c2)cc1C. The molecule has 0 saturated heterocycles. The summed E-state index contributed by atoms with van der Waals surface area (Å²) in [4.78, 5) is -0.0533. The second kappa shape index (κ2) is 5.25. The average molecular weight is 293 g/mol. The third-order valence-electron chi connectivity index (χ3n) is 3.26. The molecule has 0 unspecified atom stereocenters. The van der Waals surface area contributed by atoms with E-state index in [1.165, 1.54) is 12.1 Å². The van der Waals surface area contributed by atoms with Crippen molar-refractivity contribution in [3.05, 3.63) is 58.9 Å². The quantitative estimate of drug-likeness (QED) is 0.885. The molecule has 5 heteroatoms. The molecule has 0 radical (unpaired) electrons. The number of sulfone groups is 1. The van der Waals surface area contributed by atoms with Crippen molar-refractivity contribution in [2.75, 3.05) is 5.73 Å². The van der Waals surface area contributed by atoms with Crippen molar-refractivity contribution in [3.8, 4) is 0 Å². The highest BCUT2D eigenvalue weighted by atomic mass is 32.2. The van der Waals surface area contributed by atoms with Crippen LogP contribution in [-0.4, -0.2) is 8.42 Å². The lowest BCUT2D eigenvalue weighted by molar-refractivity contribution is 0.591. The van der Waals surface area contributed by atoms with Gasteiger partial charge < -0.3 is 5.73 Å². The Labute approximate surface area is 118 Å². The summed E-state index contributed by atoms with van der Waals surface area (Å²) in [5.41, 5.74) is 8.11. The summed E-state index contributed by atoms with van der Waals surface area (Å²) in [6, 6.07) is 9.04. The Kier molecular flexibility index (Phi) is 3.81. The maximum atomic E-state index is 13.4. The number of benzene rings is 2. The van der Waals surface area contributed by atoms with Crippen molar-refractivity contribution in [2.45, 2.75) is 24.5 Å². The minimum absolute atomic E-state index is 0.0533. The molecule has 106 valence electrons. The number of hydrogen-bond acceptors (Lipinski definition) is 3. The highest BCUT2D eigenvalue weighted by Gasteiger charge is 2.17. The van der Waals surface area contributed by atoms with Crippen molar-refractivity contribution >= 4 is 15.5 Å². The standard InChI is InChI=1S/C15H16FNO2S/c1-10-3-4-12(7-11(10)2)9-20(18,19)13-5-6-15(17)14(16)8-13/h3-8H,9,17H2,1-2H3. The average Bonchev–Trinajstić information content (AvgIpc) is 2.37. The molecule has 0 aliphatic carbocycles. The van der Waals surface area contributed by atoms with Gasteiger partial charge in [-0.3, -0.25) is 0 Å². The molecule has 2 N–H and O–H groups in total. The zero-order valence-electron chi connectivity index (χ0n) is 11.4. The zero-order chi connectivity index (χ0) is 14.9. The van der Waals surface area contributed by atoms with Crippen LogP contribution in [0.1, 0.15) is 16.7 Å². The molecular formula is C15H16FNO2S. The first-order valence-electron chi connectivity index (χ1n) is 6.13. The second-order valence-electron chi connectivity index (χ2n) is 4.86. The number of anilines is 1. The largest absolute Gasteiger partial charge is 0.396 e. The minimum Gasteiger partial charge on any atom is -0.396 e. The van der Waals surface area contributed by atoms with Gasteiger partial charge in [0, 0.05) is 0 Å². The van der Waals surface area contributed by atoms with Gasteiger partial charge >= 0.3 is 0 Å². The fourth-order valence-electron chi connectivity index (χ4n) is 1.90. The van der Waals surface area contributed by atoms with E-state index in [0.29, 0.717) is 5.56 Å². The molecular weight excluding hydrogens is 277 g/mol. The Bertz CT molecular complexity index is 754. The molecule has 0 saturated carbocycles. The van der Waals surface area contributed by atoms with E-state index in [4.69, 9.17) is 5.73 Å². The van der Waals surface area contributed by atoms with Crippen molar-refractivity contribution in [2.24, 2.45) is 0 Å². The minimum atomic E-state index is -3.58. The van der Waals surface area contributed by atoms with Crippen LogP contribution in [0, 0.1) is 19.7 Å². The van der Waals surface area contributed by atoms with Gasteiger partial charge in [0.25, 0.3) is 0 Å². The summed E-state index contributed by atoms with van der Waals surface area (Å²) in [5, 5.41) is 0. The van der Waals surface area contributed by atoms with Crippen LogP contribution in [0.4, 0.5) is 10.1 Å². The van der Waals surface area contributed by atoms with Crippen molar-refractivity contribution in [3.63, 3.8) is 0 Å². The molecule has 0 aliphatic heterocycles. The highest BCUT2D eigenvalue weighted by Crippen LogP contribution is 2.21. The summed E-state index contributed by atoms with van der Waals surface area (Å²) in [6.07, 6.45) is 0. The molecule has 0 aliphatic rings. The summed E-state index contributed by atoms with van der Waals surface area (Å²) in [7, 11) is -3.58. The van der Waals surface area contributed by atoms with E-state index in [2.05, 4.69) is 0 Å². The molecule has 20 heavy (non-hydrogen) atoms. The van der Waals surface area contributed by atoms with Gasteiger partial charge in [-0.2, -0.15) is 0 Å². The van der Waals surface area contributed by atoms with Crippen LogP contribution in [-0.2, 0) is 15.6 Å². The Hall–Kier alpha value is -1.88. The van der Waals surface area contributed by atoms with Crippen LogP contribution >= 0.6 is 0 Å². The lowest BCUT2D eigenvalue weighted by Crippen LogP contribution is -2.06. The number of nitrogen functional groups attached to an aromatic ring is 1. The van der Waals surface area contributed by atoms with E-state index in [1.54, 1.807) is 6.07 Å². The predicted molar refractivity (Wildman–Crippen MR) is 77.6 cm³/mol. The fourth-order valence-corrected chi connectivity index (χ4v) is 3.24. The first kappa shape index (κ1) is 14.5. The van der Waals surface area contributed by atoms with Gasteiger partial charge in [-0.1, -0.05) is 18.2 Å². The van der Waals surface area contributed by atoms with Crippen molar-refractivity contribution < 1.29 is 12.8 Å². The molecule has 0 bridgehead atoms. The first-order valence-corrected chi connectivity index (χ1v) is 7.79. The Morgan fingerprint density at radius 3 is 2.35 bits per heavy atom. The summed E-state index contributed by atoms with van der Waals surface area (Å²) in [5.74, 6) is -0.872. The second-order valence-corrected chi connectivity index (χ2v) is 6.85. The molecule has 0 spiro atoms. The molecule has 0 amide bonds. The molecule has 2 aromatic carbocycles. The monoisotopic (exact) mass is 293 g/mol.